The van der Waals surface area contributed by atoms with E-state index in [1.807, 2.05) is 0 Å². The molecule has 5 heteroatoms. The number of nitro benzene ring substituents is 1. The zero-order chi connectivity index (χ0) is 14.6. The van der Waals surface area contributed by atoms with Crippen LogP contribution in [0.3, 0.4) is 0 Å². The molecule has 0 radical (unpaired) electrons. The second kappa shape index (κ2) is 5.82. The van der Waals surface area contributed by atoms with Crippen molar-refractivity contribution in [3.8, 4) is 0 Å². The minimum Gasteiger partial charge on any atom is -0.379 e. The van der Waals surface area contributed by atoms with E-state index in [9.17, 15) is 14.9 Å². The lowest BCUT2D eigenvalue weighted by Gasteiger charge is -2.29. The monoisotopic (exact) mass is 264 g/mol. The van der Waals surface area contributed by atoms with Crippen LogP contribution in [0.5, 0.6) is 0 Å². The van der Waals surface area contributed by atoms with Gasteiger partial charge in [0.25, 0.3) is 5.69 Å². The first-order valence-electron chi connectivity index (χ1n) is 6.25. The van der Waals surface area contributed by atoms with Gasteiger partial charge in [-0.3, -0.25) is 14.9 Å². The number of nitrogens with zero attached hydrogens (tertiary/aromatic N) is 1. The summed E-state index contributed by atoms with van der Waals surface area (Å²) in [6.07, 6.45) is 0.606. The summed E-state index contributed by atoms with van der Waals surface area (Å²) in [5, 5.41) is 14.1. The highest BCUT2D eigenvalue weighted by molar-refractivity contribution is 5.79. The van der Waals surface area contributed by atoms with Gasteiger partial charge in [0.1, 0.15) is 12.0 Å². The van der Waals surface area contributed by atoms with E-state index in [2.05, 4.69) is 33.0 Å². The Kier molecular flexibility index (Phi) is 4.64. The Morgan fingerprint density at radius 1 is 1.42 bits per heavy atom. The van der Waals surface area contributed by atoms with E-state index in [1.54, 1.807) is 12.1 Å². The maximum Gasteiger partial charge on any atom is 0.293 e. The van der Waals surface area contributed by atoms with Crippen molar-refractivity contribution in [2.24, 2.45) is 11.3 Å². The molecular formula is C14H20N2O3. The summed E-state index contributed by atoms with van der Waals surface area (Å²) in [7, 11) is 0. The van der Waals surface area contributed by atoms with Crippen LogP contribution in [0.4, 0.5) is 11.4 Å². The first-order valence-corrected chi connectivity index (χ1v) is 6.25. The highest BCUT2D eigenvalue weighted by Gasteiger charge is 2.23. The Morgan fingerprint density at radius 3 is 2.53 bits per heavy atom. The molecule has 19 heavy (non-hydrogen) atoms. The number of aldehydes is 1. The van der Waals surface area contributed by atoms with Crippen LogP contribution in [-0.4, -0.2) is 17.8 Å². The molecule has 1 aromatic rings. The normalized spacial score (nSPS) is 11.4. The van der Waals surface area contributed by atoms with Crippen LogP contribution in [0.25, 0.3) is 0 Å². The molecule has 0 aliphatic rings. The van der Waals surface area contributed by atoms with Crippen molar-refractivity contribution in [3.63, 3.8) is 0 Å². The lowest BCUT2D eigenvalue weighted by atomic mass is 9.81. The number of benzene rings is 1. The summed E-state index contributed by atoms with van der Waals surface area (Å²) in [4.78, 5) is 21.2. The third-order valence-electron chi connectivity index (χ3n) is 3.65. The Bertz CT molecular complexity index is 482. The summed E-state index contributed by atoms with van der Waals surface area (Å²) in [6, 6.07) is 4.45. The van der Waals surface area contributed by atoms with Gasteiger partial charge in [0.15, 0.2) is 0 Å². The topological polar surface area (TPSA) is 72.2 Å². The summed E-state index contributed by atoms with van der Waals surface area (Å²) >= 11 is 0. The molecule has 0 aliphatic heterocycles. The average molecular weight is 264 g/mol. The van der Waals surface area contributed by atoms with Gasteiger partial charge in [-0.15, -0.1) is 0 Å². The fourth-order valence-corrected chi connectivity index (χ4v) is 1.45. The van der Waals surface area contributed by atoms with Crippen LogP contribution < -0.4 is 5.32 Å². The van der Waals surface area contributed by atoms with E-state index in [0.717, 1.165) is 0 Å². The minimum absolute atomic E-state index is 0.0250. The van der Waals surface area contributed by atoms with Crippen molar-refractivity contribution in [1.29, 1.82) is 0 Å². The Balaban J connectivity index is 2.95. The summed E-state index contributed by atoms with van der Waals surface area (Å²) in [5.74, 6) is 0.452. The smallest absolute Gasteiger partial charge is 0.293 e. The molecular weight excluding hydrogens is 244 g/mol. The van der Waals surface area contributed by atoms with Crippen molar-refractivity contribution in [2.75, 3.05) is 11.9 Å². The second-order valence-corrected chi connectivity index (χ2v) is 5.65. The first-order chi connectivity index (χ1) is 8.77. The highest BCUT2D eigenvalue weighted by atomic mass is 16.6. The Hall–Kier alpha value is -1.91. The van der Waals surface area contributed by atoms with E-state index in [0.29, 0.717) is 30.0 Å². The fraction of sp³-hybridized carbons (Fsp3) is 0.500. The summed E-state index contributed by atoms with van der Waals surface area (Å²) in [5.41, 5.74) is 0.714. The number of carbonyl (C=O) groups is 1. The fourth-order valence-electron chi connectivity index (χ4n) is 1.45. The zero-order valence-corrected chi connectivity index (χ0v) is 11.8. The van der Waals surface area contributed by atoms with Gasteiger partial charge in [0.2, 0.25) is 0 Å². The van der Waals surface area contributed by atoms with Gasteiger partial charge in [-0.2, -0.15) is 0 Å². The van der Waals surface area contributed by atoms with Crippen LogP contribution in [0.1, 0.15) is 38.1 Å². The summed E-state index contributed by atoms with van der Waals surface area (Å²) in [6.45, 7) is 9.08. The van der Waals surface area contributed by atoms with Gasteiger partial charge in [-0.25, -0.2) is 0 Å². The molecule has 0 aliphatic carbocycles. The molecule has 5 nitrogen and oxygen atoms in total. The molecule has 0 unspecified atom stereocenters. The molecule has 1 rings (SSSR count). The lowest BCUT2D eigenvalue weighted by molar-refractivity contribution is -0.384. The third-order valence-corrected chi connectivity index (χ3v) is 3.65. The van der Waals surface area contributed by atoms with E-state index in [1.165, 1.54) is 6.07 Å². The highest BCUT2D eigenvalue weighted by Crippen LogP contribution is 2.30. The molecule has 0 atom stereocenters. The molecule has 1 aromatic carbocycles. The summed E-state index contributed by atoms with van der Waals surface area (Å²) < 4.78 is 0. The van der Waals surface area contributed by atoms with Crippen molar-refractivity contribution >= 4 is 17.7 Å². The predicted octanol–water partition coefficient (Wildman–Crippen LogP) is 3.50. The molecule has 0 bridgehead atoms. The van der Waals surface area contributed by atoms with Crippen molar-refractivity contribution in [1.82, 2.24) is 0 Å². The maximum atomic E-state index is 11.0. The molecule has 0 amide bonds. The average Bonchev–Trinajstić information content (AvgIpc) is 2.35. The van der Waals surface area contributed by atoms with Crippen molar-refractivity contribution < 1.29 is 9.72 Å². The molecule has 0 heterocycles. The molecule has 0 saturated heterocycles. The second-order valence-electron chi connectivity index (χ2n) is 5.65. The third kappa shape index (κ3) is 3.77. The number of rotatable bonds is 6. The van der Waals surface area contributed by atoms with Crippen molar-refractivity contribution in [2.45, 2.75) is 27.7 Å². The number of hydrogen-bond donors (Lipinski definition) is 1. The largest absolute Gasteiger partial charge is 0.379 e. The van der Waals surface area contributed by atoms with Crippen molar-refractivity contribution in [3.05, 3.63) is 33.9 Å². The van der Waals surface area contributed by atoms with Gasteiger partial charge in [0, 0.05) is 18.2 Å². The van der Waals surface area contributed by atoms with E-state index in [-0.39, 0.29) is 11.1 Å². The van der Waals surface area contributed by atoms with Gasteiger partial charge in [0.05, 0.1) is 4.92 Å². The standard InChI is InChI=1S/C14H20N2O3/c1-10(2)14(3,4)9-15-12-6-5-11(8-17)7-13(12)16(18)19/h5-8,10,15H,9H2,1-4H3. The molecule has 1 N–H and O–H groups in total. The molecule has 0 saturated carbocycles. The Morgan fingerprint density at radius 2 is 2.05 bits per heavy atom. The maximum absolute atomic E-state index is 11.0. The minimum atomic E-state index is -0.474. The Labute approximate surface area is 113 Å². The molecule has 0 fully saturated rings. The number of nitro groups is 1. The van der Waals surface area contributed by atoms with E-state index in [4.69, 9.17) is 0 Å². The first kappa shape index (κ1) is 15.1. The molecule has 104 valence electrons. The quantitative estimate of drug-likeness (QED) is 0.485. The van der Waals surface area contributed by atoms with E-state index >= 15 is 0 Å². The van der Waals surface area contributed by atoms with Crippen LogP contribution in [0, 0.1) is 21.4 Å². The molecule has 0 aromatic heterocycles. The zero-order valence-electron chi connectivity index (χ0n) is 11.8. The predicted molar refractivity (Wildman–Crippen MR) is 75.6 cm³/mol. The van der Waals surface area contributed by atoms with E-state index < -0.39 is 4.92 Å². The van der Waals surface area contributed by atoms with Crippen LogP contribution >= 0.6 is 0 Å². The van der Waals surface area contributed by atoms with Gasteiger partial charge < -0.3 is 5.32 Å². The number of hydrogen-bond acceptors (Lipinski definition) is 4. The van der Waals surface area contributed by atoms with Gasteiger partial charge in [-0.1, -0.05) is 27.7 Å². The van der Waals surface area contributed by atoms with Crippen LogP contribution in [0.15, 0.2) is 18.2 Å². The number of carbonyl (C=O) groups excluding carboxylic acids is 1. The molecule has 0 spiro atoms. The lowest BCUT2D eigenvalue weighted by Crippen LogP contribution is -2.28. The van der Waals surface area contributed by atoms with Gasteiger partial charge >= 0.3 is 0 Å². The van der Waals surface area contributed by atoms with Crippen LogP contribution in [0.2, 0.25) is 0 Å². The number of anilines is 1. The van der Waals surface area contributed by atoms with Crippen LogP contribution in [-0.2, 0) is 0 Å². The number of nitrogens with one attached hydrogen (secondary N) is 1. The SMILES string of the molecule is CC(C)C(C)(C)CNc1ccc(C=O)cc1[N+](=O)[O-]. The van der Waals surface area contributed by atoms with Gasteiger partial charge in [-0.05, 0) is 23.5 Å².